The molecule has 1 aromatic rings. The van der Waals surface area contributed by atoms with Crippen LogP contribution in [0.25, 0.3) is 0 Å². The molecule has 1 aromatic heterocycles. The summed E-state index contributed by atoms with van der Waals surface area (Å²) in [7, 11) is 0. The Labute approximate surface area is 78.4 Å². The first-order valence-electron chi connectivity index (χ1n) is 3.55. The fourth-order valence-electron chi connectivity index (χ4n) is 0.897. The van der Waals surface area contributed by atoms with E-state index in [4.69, 9.17) is 0 Å². The number of hydrogen-bond acceptors (Lipinski definition) is 5. The molecule has 70 valence electrons. The van der Waals surface area contributed by atoms with Crippen LogP contribution in [0.4, 0.5) is 0 Å². The van der Waals surface area contributed by atoms with Crippen LogP contribution >= 0.6 is 11.3 Å². The molecule has 0 aromatic carbocycles. The van der Waals surface area contributed by atoms with Gasteiger partial charge in [-0.1, -0.05) is 0 Å². The molecule has 1 heterocycles. The van der Waals surface area contributed by atoms with Gasteiger partial charge in [-0.25, -0.2) is 0 Å². The summed E-state index contributed by atoms with van der Waals surface area (Å²) < 4.78 is 0. The lowest BCUT2D eigenvalue weighted by Crippen LogP contribution is -2.24. The third-order valence-electron chi connectivity index (χ3n) is 1.35. The molecule has 1 rings (SSSR count). The Bertz CT molecular complexity index is 298. The molecule has 0 aliphatic rings. The van der Waals surface area contributed by atoms with Crippen molar-refractivity contribution >= 4 is 23.3 Å². The van der Waals surface area contributed by atoms with Crippen LogP contribution < -0.4 is 10.2 Å². The maximum absolute atomic E-state index is 10.2. The minimum absolute atomic E-state index is 0.169. The van der Waals surface area contributed by atoms with Crippen LogP contribution in [0.15, 0.2) is 12.1 Å². The average Bonchev–Trinajstić information content (AvgIpc) is 2.33. The molecule has 5 heteroatoms. The van der Waals surface area contributed by atoms with Gasteiger partial charge < -0.3 is 19.8 Å². The van der Waals surface area contributed by atoms with E-state index in [0.29, 0.717) is 9.75 Å². The molecule has 4 nitrogen and oxygen atoms in total. The molecule has 0 unspecified atom stereocenters. The third kappa shape index (κ3) is 3.25. The van der Waals surface area contributed by atoms with Gasteiger partial charge in [0, 0.05) is 34.5 Å². The highest BCUT2D eigenvalue weighted by molar-refractivity contribution is 7.12. The normalized spacial score (nSPS) is 9.85. The molecule has 0 radical (unpaired) electrons. The zero-order valence-electron chi connectivity index (χ0n) is 6.61. The first-order chi connectivity index (χ1) is 6.08. The van der Waals surface area contributed by atoms with Crippen LogP contribution in [0.3, 0.4) is 0 Å². The number of thiophene rings is 1. The van der Waals surface area contributed by atoms with Crippen molar-refractivity contribution in [2.75, 3.05) is 0 Å². The minimum atomic E-state index is -1.16. The van der Waals surface area contributed by atoms with Crippen molar-refractivity contribution < 1.29 is 19.8 Å². The summed E-state index contributed by atoms with van der Waals surface area (Å²) in [5.74, 6) is -2.33. The van der Waals surface area contributed by atoms with Crippen molar-refractivity contribution in [2.24, 2.45) is 0 Å². The zero-order chi connectivity index (χ0) is 9.84. The lowest BCUT2D eigenvalue weighted by atomic mass is 10.3. The fraction of sp³-hybridized carbons (Fsp3) is 0.250. The van der Waals surface area contributed by atoms with E-state index in [2.05, 4.69) is 0 Å². The summed E-state index contributed by atoms with van der Waals surface area (Å²) in [4.78, 5) is 21.5. The molecule has 0 bridgehead atoms. The smallest absolute Gasteiger partial charge is 0.0466 e. The Balaban J connectivity index is 2.63. The number of rotatable bonds is 4. The van der Waals surface area contributed by atoms with Gasteiger partial charge in [0.25, 0.3) is 0 Å². The highest BCUT2D eigenvalue weighted by Gasteiger charge is 2.00. The van der Waals surface area contributed by atoms with Gasteiger partial charge in [-0.2, -0.15) is 0 Å². The Morgan fingerprint density at radius 3 is 1.77 bits per heavy atom. The maximum Gasteiger partial charge on any atom is 0.0466 e. The Morgan fingerprint density at radius 1 is 1.08 bits per heavy atom. The fourth-order valence-corrected chi connectivity index (χ4v) is 1.89. The van der Waals surface area contributed by atoms with E-state index in [9.17, 15) is 19.8 Å². The summed E-state index contributed by atoms with van der Waals surface area (Å²) in [6, 6.07) is 3.16. The van der Waals surface area contributed by atoms with E-state index in [1.807, 2.05) is 0 Å². The summed E-state index contributed by atoms with van der Waals surface area (Å²) in [5, 5.41) is 20.3. The Hall–Kier alpha value is -1.36. The minimum Gasteiger partial charge on any atom is -0.550 e. The van der Waals surface area contributed by atoms with Crippen molar-refractivity contribution in [3.63, 3.8) is 0 Å². The molecule has 0 amide bonds. The van der Waals surface area contributed by atoms with Gasteiger partial charge in [0.1, 0.15) is 0 Å². The molecule has 0 fully saturated rings. The molecule has 0 aliphatic carbocycles. The van der Waals surface area contributed by atoms with E-state index in [1.54, 1.807) is 12.1 Å². The lowest BCUT2D eigenvalue weighted by Gasteiger charge is -1.98. The summed E-state index contributed by atoms with van der Waals surface area (Å²) in [5.41, 5.74) is 0. The number of carboxylic acids is 2. The summed E-state index contributed by atoms with van der Waals surface area (Å²) in [6.07, 6.45) is -0.338. The first-order valence-corrected chi connectivity index (χ1v) is 4.37. The van der Waals surface area contributed by atoms with E-state index in [0.717, 1.165) is 11.3 Å². The van der Waals surface area contributed by atoms with Gasteiger partial charge in [0.05, 0.1) is 0 Å². The topological polar surface area (TPSA) is 80.3 Å². The molecule has 0 aliphatic heterocycles. The predicted octanol–water partition coefficient (Wildman–Crippen LogP) is -1.67. The van der Waals surface area contributed by atoms with Gasteiger partial charge >= 0.3 is 0 Å². The van der Waals surface area contributed by atoms with E-state index >= 15 is 0 Å². The molecule has 0 N–H and O–H groups in total. The predicted molar refractivity (Wildman–Crippen MR) is 41.7 cm³/mol. The van der Waals surface area contributed by atoms with Crippen molar-refractivity contribution in [1.82, 2.24) is 0 Å². The Morgan fingerprint density at radius 2 is 1.46 bits per heavy atom. The van der Waals surface area contributed by atoms with Crippen LogP contribution in [0.2, 0.25) is 0 Å². The quantitative estimate of drug-likeness (QED) is 0.579. The lowest BCUT2D eigenvalue weighted by molar-refractivity contribution is -0.306. The Kier molecular flexibility index (Phi) is 3.02. The van der Waals surface area contributed by atoms with Crippen molar-refractivity contribution in [2.45, 2.75) is 12.8 Å². The highest BCUT2D eigenvalue weighted by Crippen LogP contribution is 2.16. The maximum atomic E-state index is 10.2. The third-order valence-corrected chi connectivity index (χ3v) is 2.44. The standard InChI is InChI=1S/C8H8O4S/c9-7(10)3-5-1-2-6(13-5)4-8(11)12/h1-2H,3-4H2,(H,9,10)(H,11,12)/p-2. The van der Waals surface area contributed by atoms with Gasteiger partial charge in [0.15, 0.2) is 0 Å². The average molecular weight is 198 g/mol. The van der Waals surface area contributed by atoms with Crippen LogP contribution in [-0.2, 0) is 22.4 Å². The molecule has 0 saturated heterocycles. The second kappa shape index (κ2) is 4.04. The second-order valence-corrected chi connectivity index (χ2v) is 3.72. The first kappa shape index (κ1) is 9.73. The zero-order valence-corrected chi connectivity index (χ0v) is 7.43. The van der Waals surface area contributed by atoms with E-state index in [-0.39, 0.29) is 12.8 Å². The van der Waals surface area contributed by atoms with Crippen molar-refractivity contribution in [1.29, 1.82) is 0 Å². The molecular formula is C8H6O4S-2. The van der Waals surface area contributed by atoms with Gasteiger partial charge in [-0.05, 0) is 12.1 Å². The molecule has 0 saturated carbocycles. The molecular weight excluding hydrogens is 192 g/mol. The molecule has 0 spiro atoms. The largest absolute Gasteiger partial charge is 0.550 e. The monoisotopic (exact) mass is 198 g/mol. The summed E-state index contributed by atoms with van der Waals surface area (Å²) in [6.45, 7) is 0. The number of aliphatic carboxylic acids is 2. The van der Waals surface area contributed by atoms with Crippen LogP contribution in [0.1, 0.15) is 9.75 Å². The van der Waals surface area contributed by atoms with E-state index in [1.165, 1.54) is 0 Å². The SMILES string of the molecule is O=C([O-])Cc1ccc(CC(=O)[O-])s1. The molecule has 0 atom stereocenters. The molecule has 13 heavy (non-hydrogen) atoms. The van der Waals surface area contributed by atoms with Crippen molar-refractivity contribution in [3.8, 4) is 0 Å². The van der Waals surface area contributed by atoms with E-state index < -0.39 is 11.9 Å². The number of hydrogen-bond donors (Lipinski definition) is 0. The van der Waals surface area contributed by atoms with Crippen LogP contribution in [0.5, 0.6) is 0 Å². The van der Waals surface area contributed by atoms with Gasteiger partial charge in [-0.15, -0.1) is 11.3 Å². The van der Waals surface area contributed by atoms with Crippen molar-refractivity contribution in [3.05, 3.63) is 21.9 Å². The van der Waals surface area contributed by atoms with Crippen LogP contribution in [-0.4, -0.2) is 11.9 Å². The number of carbonyl (C=O) groups is 2. The number of carbonyl (C=O) groups excluding carboxylic acids is 2. The number of carboxylic acid groups (broad SMARTS) is 2. The van der Waals surface area contributed by atoms with Gasteiger partial charge in [0.2, 0.25) is 0 Å². The second-order valence-electron chi connectivity index (χ2n) is 2.47. The van der Waals surface area contributed by atoms with Crippen LogP contribution in [0, 0.1) is 0 Å². The highest BCUT2D eigenvalue weighted by atomic mass is 32.1. The van der Waals surface area contributed by atoms with Gasteiger partial charge in [-0.3, -0.25) is 0 Å². The summed E-state index contributed by atoms with van der Waals surface area (Å²) >= 11 is 1.15.